The number of carbonyl (C=O) groups excluding carboxylic acids is 2. The molecule has 0 saturated carbocycles. The van der Waals surface area contributed by atoms with Crippen molar-refractivity contribution in [3.8, 4) is 0 Å². The molecule has 146 valence electrons. The van der Waals surface area contributed by atoms with Crippen molar-refractivity contribution in [2.75, 3.05) is 24.5 Å². The van der Waals surface area contributed by atoms with Crippen LogP contribution in [0.5, 0.6) is 0 Å². The number of fused-ring (bicyclic) bond motifs is 1. The number of benzene rings is 1. The summed E-state index contributed by atoms with van der Waals surface area (Å²) in [4.78, 5) is 37.6. The van der Waals surface area contributed by atoms with Gasteiger partial charge in [-0.1, -0.05) is 24.3 Å². The number of Topliss-reactive ketones (excluding diaryl/α,β-unsaturated/α-hetero) is 1. The number of rotatable bonds is 3. The van der Waals surface area contributed by atoms with E-state index >= 15 is 0 Å². The van der Waals surface area contributed by atoms with Crippen LogP contribution < -0.4 is 4.90 Å². The molecule has 0 radical (unpaired) electrons. The number of anilines is 1. The van der Waals surface area contributed by atoms with E-state index in [1.165, 1.54) is 18.1 Å². The summed E-state index contributed by atoms with van der Waals surface area (Å²) in [5.41, 5.74) is 3.92. The molecule has 2 aliphatic heterocycles. The van der Waals surface area contributed by atoms with Crippen molar-refractivity contribution in [2.45, 2.75) is 39.7 Å². The maximum absolute atomic E-state index is 13.0. The van der Waals surface area contributed by atoms with Gasteiger partial charge in [-0.3, -0.25) is 9.59 Å². The highest BCUT2D eigenvalue weighted by atomic mass is 16.2. The van der Waals surface area contributed by atoms with Crippen molar-refractivity contribution in [3.63, 3.8) is 0 Å². The number of ketones is 1. The fraction of sp³-hybridized carbons (Fsp3) is 0.455. The minimum atomic E-state index is -0.0172. The zero-order valence-electron chi connectivity index (χ0n) is 16.5. The van der Waals surface area contributed by atoms with Gasteiger partial charge in [-0.2, -0.15) is 0 Å². The van der Waals surface area contributed by atoms with Crippen molar-refractivity contribution in [1.29, 1.82) is 0 Å². The Kier molecular flexibility index (Phi) is 5.11. The number of piperidine rings is 1. The van der Waals surface area contributed by atoms with E-state index in [-0.39, 0.29) is 17.6 Å². The van der Waals surface area contributed by atoms with Crippen LogP contribution in [0, 0.1) is 12.8 Å². The second-order valence-electron chi connectivity index (χ2n) is 7.77. The van der Waals surface area contributed by atoms with Gasteiger partial charge in [0, 0.05) is 38.3 Å². The lowest BCUT2D eigenvalue weighted by molar-refractivity contribution is -0.137. The van der Waals surface area contributed by atoms with Gasteiger partial charge in [-0.15, -0.1) is 0 Å². The Balaban J connectivity index is 1.37. The number of nitrogens with zero attached hydrogens (tertiary/aromatic N) is 4. The highest BCUT2D eigenvalue weighted by molar-refractivity contribution is 5.94. The molecule has 0 spiro atoms. The molecular formula is C22H26N4O2. The molecule has 0 unspecified atom stereocenters. The third-order valence-electron chi connectivity index (χ3n) is 5.92. The van der Waals surface area contributed by atoms with Crippen LogP contribution in [-0.2, 0) is 17.8 Å². The van der Waals surface area contributed by atoms with Gasteiger partial charge in [0.2, 0.25) is 11.9 Å². The molecule has 28 heavy (non-hydrogen) atoms. The summed E-state index contributed by atoms with van der Waals surface area (Å²) in [5.74, 6) is 0.981. The standard InChI is InChI=1S/C22H26N4O2/c1-15-20(16(2)27)13-23-22(24-15)25-10-8-18(9-11-25)21(28)26-12-7-17-5-3-4-6-19(17)14-26/h3-6,13,18H,7-12,14H2,1-2H3. The molecule has 2 aromatic rings. The van der Waals surface area contributed by atoms with E-state index in [1.54, 1.807) is 6.20 Å². The predicted octanol–water partition coefficient (Wildman–Crippen LogP) is 2.79. The fourth-order valence-electron chi connectivity index (χ4n) is 4.22. The van der Waals surface area contributed by atoms with Gasteiger partial charge in [0.15, 0.2) is 5.78 Å². The third-order valence-corrected chi connectivity index (χ3v) is 5.92. The molecule has 0 N–H and O–H groups in total. The molecular weight excluding hydrogens is 352 g/mol. The van der Waals surface area contributed by atoms with Crippen LogP contribution >= 0.6 is 0 Å². The van der Waals surface area contributed by atoms with Crippen molar-refractivity contribution in [1.82, 2.24) is 14.9 Å². The third kappa shape index (κ3) is 3.63. The lowest BCUT2D eigenvalue weighted by Crippen LogP contribution is -2.44. The summed E-state index contributed by atoms with van der Waals surface area (Å²) < 4.78 is 0. The Morgan fingerprint density at radius 2 is 1.79 bits per heavy atom. The van der Waals surface area contributed by atoms with Gasteiger partial charge in [-0.25, -0.2) is 9.97 Å². The first kappa shape index (κ1) is 18.6. The molecule has 1 aromatic heterocycles. The predicted molar refractivity (Wildman–Crippen MR) is 107 cm³/mol. The summed E-state index contributed by atoms with van der Waals surface area (Å²) in [6.07, 6.45) is 4.18. The van der Waals surface area contributed by atoms with Crippen LogP contribution in [0.3, 0.4) is 0 Å². The van der Waals surface area contributed by atoms with Gasteiger partial charge in [-0.05, 0) is 44.2 Å². The van der Waals surface area contributed by atoms with Crippen LogP contribution in [0.1, 0.15) is 46.9 Å². The van der Waals surface area contributed by atoms with E-state index in [2.05, 4.69) is 33.1 Å². The van der Waals surface area contributed by atoms with Crippen molar-refractivity contribution in [2.24, 2.45) is 5.92 Å². The first-order chi connectivity index (χ1) is 13.5. The number of hydrogen-bond donors (Lipinski definition) is 0. The average molecular weight is 378 g/mol. The zero-order chi connectivity index (χ0) is 19.7. The zero-order valence-corrected chi connectivity index (χ0v) is 16.5. The fourth-order valence-corrected chi connectivity index (χ4v) is 4.22. The van der Waals surface area contributed by atoms with Gasteiger partial charge < -0.3 is 9.80 Å². The van der Waals surface area contributed by atoms with E-state index in [9.17, 15) is 9.59 Å². The number of aryl methyl sites for hydroxylation is 1. The van der Waals surface area contributed by atoms with Crippen LogP contribution in [-0.4, -0.2) is 46.2 Å². The number of hydrogen-bond acceptors (Lipinski definition) is 5. The summed E-state index contributed by atoms with van der Waals surface area (Å²) in [6.45, 7) is 6.43. The Morgan fingerprint density at radius 3 is 2.46 bits per heavy atom. The molecule has 1 saturated heterocycles. The highest BCUT2D eigenvalue weighted by Gasteiger charge is 2.31. The minimum Gasteiger partial charge on any atom is -0.341 e. The first-order valence-corrected chi connectivity index (χ1v) is 9.98. The molecule has 0 atom stereocenters. The van der Waals surface area contributed by atoms with Gasteiger partial charge in [0.05, 0.1) is 11.3 Å². The summed E-state index contributed by atoms with van der Waals surface area (Å²) in [5, 5.41) is 0. The molecule has 6 heteroatoms. The van der Waals surface area contributed by atoms with Crippen molar-refractivity contribution < 1.29 is 9.59 Å². The minimum absolute atomic E-state index is 0.0172. The number of carbonyl (C=O) groups is 2. The smallest absolute Gasteiger partial charge is 0.226 e. The first-order valence-electron chi connectivity index (χ1n) is 9.98. The number of amides is 1. The second kappa shape index (κ2) is 7.70. The largest absolute Gasteiger partial charge is 0.341 e. The Morgan fingerprint density at radius 1 is 1.07 bits per heavy atom. The normalized spacial score (nSPS) is 17.4. The topological polar surface area (TPSA) is 66.4 Å². The molecule has 4 rings (SSSR count). The summed E-state index contributed by atoms with van der Waals surface area (Å²) in [7, 11) is 0. The molecule has 0 bridgehead atoms. The quantitative estimate of drug-likeness (QED) is 0.769. The van der Waals surface area contributed by atoms with Gasteiger partial charge in [0.1, 0.15) is 0 Å². The average Bonchev–Trinajstić information content (AvgIpc) is 2.72. The highest BCUT2D eigenvalue weighted by Crippen LogP contribution is 2.26. The maximum Gasteiger partial charge on any atom is 0.226 e. The van der Waals surface area contributed by atoms with E-state index in [1.807, 2.05) is 17.9 Å². The molecule has 3 heterocycles. The molecule has 2 aliphatic rings. The lowest BCUT2D eigenvalue weighted by atomic mass is 9.93. The summed E-state index contributed by atoms with van der Waals surface area (Å²) >= 11 is 0. The Labute approximate surface area is 165 Å². The Bertz CT molecular complexity index is 903. The van der Waals surface area contributed by atoms with Crippen LogP contribution in [0.15, 0.2) is 30.5 Å². The van der Waals surface area contributed by atoms with Crippen molar-refractivity contribution >= 4 is 17.6 Å². The van der Waals surface area contributed by atoms with Crippen molar-refractivity contribution in [3.05, 3.63) is 52.8 Å². The molecule has 1 amide bonds. The van der Waals surface area contributed by atoms with E-state index in [0.29, 0.717) is 17.2 Å². The van der Waals surface area contributed by atoms with E-state index in [0.717, 1.165) is 45.4 Å². The van der Waals surface area contributed by atoms with Crippen LogP contribution in [0.2, 0.25) is 0 Å². The second-order valence-corrected chi connectivity index (χ2v) is 7.77. The molecule has 6 nitrogen and oxygen atoms in total. The molecule has 1 aromatic carbocycles. The van der Waals surface area contributed by atoms with Gasteiger partial charge in [0.25, 0.3) is 0 Å². The monoisotopic (exact) mass is 378 g/mol. The summed E-state index contributed by atoms with van der Waals surface area (Å²) in [6, 6.07) is 8.40. The molecule has 0 aliphatic carbocycles. The van der Waals surface area contributed by atoms with Gasteiger partial charge >= 0.3 is 0 Å². The molecule has 1 fully saturated rings. The SMILES string of the molecule is CC(=O)c1cnc(N2CCC(C(=O)N3CCc4ccccc4C3)CC2)nc1C. The van der Waals surface area contributed by atoms with E-state index in [4.69, 9.17) is 0 Å². The van der Waals surface area contributed by atoms with Crippen LogP contribution in [0.25, 0.3) is 0 Å². The number of aromatic nitrogens is 2. The van der Waals surface area contributed by atoms with E-state index < -0.39 is 0 Å². The maximum atomic E-state index is 13.0. The Hall–Kier alpha value is -2.76. The van der Waals surface area contributed by atoms with Crippen LogP contribution in [0.4, 0.5) is 5.95 Å². The lowest BCUT2D eigenvalue weighted by Gasteiger charge is -2.36.